The van der Waals surface area contributed by atoms with E-state index in [4.69, 9.17) is 44.3 Å². The van der Waals surface area contributed by atoms with Crippen molar-refractivity contribution in [3.05, 3.63) is 90.8 Å². The molecule has 0 aromatic heterocycles. The van der Waals surface area contributed by atoms with E-state index in [9.17, 15) is 10.1 Å². The van der Waals surface area contributed by atoms with Crippen molar-refractivity contribution in [3.63, 3.8) is 0 Å². The van der Waals surface area contributed by atoms with Crippen LogP contribution in [0, 0.1) is 11.3 Å². The number of ether oxygens (including phenoxy) is 2. The van der Waals surface area contributed by atoms with Crippen molar-refractivity contribution in [2.24, 2.45) is 0 Å². The zero-order valence-electron chi connectivity index (χ0n) is 17.9. The average Bonchev–Trinajstić information content (AvgIpc) is 2.79. The van der Waals surface area contributed by atoms with Crippen LogP contribution in [0.1, 0.15) is 18.1 Å². The van der Waals surface area contributed by atoms with Crippen LogP contribution in [0.4, 0.5) is 5.69 Å². The number of carbonyl (C=O) groups excluding carboxylic acids is 1. The maximum absolute atomic E-state index is 12.6. The molecule has 0 radical (unpaired) electrons. The molecule has 1 N–H and O–H groups in total. The summed E-state index contributed by atoms with van der Waals surface area (Å²) < 4.78 is 11.8. The third-order valence-electron chi connectivity index (χ3n) is 4.51. The SMILES string of the molecule is CCOc1ccc(NC(=O)/C(C#N)=C\c2cc(Cl)c(OCc3ccc(Cl)cc3Cl)c(Br)c2)cc1. The molecule has 0 saturated carbocycles. The fraction of sp³-hybridized carbons (Fsp3) is 0.120. The quantitative estimate of drug-likeness (QED) is 0.217. The van der Waals surface area contributed by atoms with E-state index >= 15 is 0 Å². The molecule has 0 aliphatic carbocycles. The lowest BCUT2D eigenvalue weighted by Crippen LogP contribution is -2.13. The van der Waals surface area contributed by atoms with Gasteiger partial charge in [-0.25, -0.2) is 0 Å². The summed E-state index contributed by atoms with van der Waals surface area (Å²) in [5, 5.41) is 13.5. The third kappa shape index (κ3) is 6.91. The lowest BCUT2D eigenvalue weighted by molar-refractivity contribution is -0.112. The molecule has 0 saturated heterocycles. The number of halogens is 4. The van der Waals surface area contributed by atoms with Crippen molar-refractivity contribution in [1.29, 1.82) is 5.26 Å². The standard InChI is InChI=1S/C25H18BrCl3N2O3/c1-2-33-20-7-5-19(6-8-20)31-25(32)17(13-30)9-15-10-21(26)24(23(29)11-15)34-14-16-3-4-18(27)12-22(16)28/h3-12H,2,14H2,1H3,(H,31,32)/b17-9-. The zero-order valence-corrected chi connectivity index (χ0v) is 21.7. The van der Waals surface area contributed by atoms with Gasteiger partial charge in [-0.1, -0.05) is 40.9 Å². The van der Waals surface area contributed by atoms with E-state index in [1.165, 1.54) is 6.08 Å². The molecule has 174 valence electrons. The second kappa shape index (κ2) is 12.1. The Morgan fingerprint density at radius 2 is 1.79 bits per heavy atom. The van der Waals surface area contributed by atoms with Crippen molar-refractivity contribution in [3.8, 4) is 17.6 Å². The molecule has 5 nitrogen and oxygen atoms in total. The van der Waals surface area contributed by atoms with E-state index in [1.807, 2.05) is 13.0 Å². The van der Waals surface area contributed by atoms with E-state index in [0.29, 0.717) is 48.9 Å². The van der Waals surface area contributed by atoms with Crippen molar-refractivity contribution >= 4 is 68.4 Å². The normalized spacial score (nSPS) is 11.0. The maximum Gasteiger partial charge on any atom is 0.266 e. The second-order valence-corrected chi connectivity index (χ2v) is 9.02. The van der Waals surface area contributed by atoms with Gasteiger partial charge in [0.1, 0.15) is 24.0 Å². The summed E-state index contributed by atoms with van der Waals surface area (Å²) in [6.45, 7) is 2.61. The summed E-state index contributed by atoms with van der Waals surface area (Å²) >= 11 is 22.0. The van der Waals surface area contributed by atoms with Crippen molar-refractivity contribution in [1.82, 2.24) is 0 Å². The first kappa shape index (κ1) is 25.9. The number of nitrogens with one attached hydrogen (secondary N) is 1. The Morgan fingerprint density at radius 3 is 2.41 bits per heavy atom. The van der Waals surface area contributed by atoms with Crippen LogP contribution < -0.4 is 14.8 Å². The van der Waals surface area contributed by atoms with Crippen LogP contribution in [-0.4, -0.2) is 12.5 Å². The highest BCUT2D eigenvalue weighted by Gasteiger charge is 2.14. The van der Waals surface area contributed by atoms with Gasteiger partial charge in [0.2, 0.25) is 0 Å². The molecule has 0 unspecified atom stereocenters. The van der Waals surface area contributed by atoms with Crippen LogP contribution in [0.25, 0.3) is 6.08 Å². The Labute approximate surface area is 221 Å². The third-order valence-corrected chi connectivity index (χ3v) is 5.96. The first-order valence-corrected chi connectivity index (χ1v) is 11.9. The second-order valence-electron chi connectivity index (χ2n) is 6.92. The van der Waals surface area contributed by atoms with Gasteiger partial charge < -0.3 is 14.8 Å². The number of rotatable bonds is 8. The number of nitriles is 1. The Kier molecular flexibility index (Phi) is 9.26. The van der Waals surface area contributed by atoms with Crippen LogP contribution in [0.15, 0.2) is 64.6 Å². The van der Waals surface area contributed by atoms with Crippen molar-refractivity contribution in [2.45, 2.75) is 13.5 Å². The van der Waals surface area contributed by atoms with Gasteiger partial charge in [-0.2, -0.15) is 5.26 Å². The smallest absolute Gasteiger partial charge is 0.266 e. The first-order chi connectivity index (χ1) is 16.3. The average molecular weight is 581 g/mol. The van der Waals surface area contributed by atoms with Gasteiger partial charge >= 0.3 is 0 Å². The number of carbonyl (C=O) groups is 1. The van der Waals surface area contributed by atoms with E-state index in [2.05, 4.69) is 21.2 Å². The Balaban J connectivity index is 1.74. The molecule has 0 heterocycles. The predicted molar refractivity (Wildman–Crippen MR) is 140 cm³/mol. The zero-order chi connectivity index (χ0) is 24.7. The number of anilines is 1. The minimum atomic E-state index is -0.545. The molecule has 0 atom stereocenters. The van der Waals surface area contributed by atoms with Crippen LogP contribution in [0.2, 0.25) is 15.1 Å². The molecule has 0 bridgehead atoms. The fourth-order valence-corrected chi connectivity index (χ4v) is 4.36. The summed E-state index contributed by atoms with van der Waals surface area (Å²) in [5.41, 5.74) is 1.75. The molecule has 34 heavy (non-hydrogen) atoms. The van der Waals surface area contributed by atoms with Crippen LogP contribution >= 0.6 is 50.7 Å². The minimum absolute atomic E-state index is 0.0848. The number of benzene rings is 3. The molecule has 3 aromatic rings. The van der Waals surface area contributed by atoms with Gasteiger partial charge in [0, 0.05) is 21.3 Å². The summed E-state index contributed by atoms with van der Waals surface area (Å²) in [7, 11) is 0. The van der Waals surface area contributed by atoms with Gasteiger partial charge in [0.15, 0.2) is 5.75 Å². The first-order valence-electron chi connectivity index (χ1n) is 10.0. The Hall–Kier alpha value is -2.69. The molecule has 3 rings (SSSR count). The molecule has 0 aliphatic heterocycles. The van der Waals surface area contributed by atoms with E-state index in [1.54, 1.807) is 54.6 Å². The summed E-state index contributed by atoms with van der Waals surface area (Å²) in [5.74, 6) is 0.551. The van der Waals surface area contributed by atoms with Crippen molar-refractivity contribution < 1.29 is 14.3 Å². The monoisotopic (exact) mass is 578 g/mol. The molecule has 0 aliphatic rings. The van der Waals surface area contributed by atoms with Gasteiger partial charge in [-0.3, -0.25) is 4.79 Å². The number of hydrogen-bond acceptors (Lipinski definition) is 4. The Morgan fingerprint density at radius 1 is 1.06 bits per heavy atom. The molecule has 0 fully saturated rings. The van der Waals surface area contributed by atoms with E-state index in [0.717, 1.165) is 5.56 Å². The number of amides is 1. The molecule has 0 spiro atoms. The number of nitrogens with zero attached hydrogens (tertiary/aromatic N) is 1. The van der Waals surface area contributed by atoms with Gasteiger partial charge in [0.05, 0.1) is 16.1 Å². The number of hydrogen-bond donors (Lipinski definition) is 1. The lowest BCUT2D eigenvalue weighted by Gasteiger charge is -2.12. The van der Waals surface area contributed by atoms with Crippen LogP contribution in [0.5, 0.6) is 11.5 Å². The maximum atomic E-state index is 12.6. The lowest BCUT2D eigenvalue weighted by atomic mass is 10.1. The van der Waals surface area contributed by atoms with Gasteiger partial charge in [0.25, 0.3) is 5.91 Å². The topological polar surface area (TPSA) is 71.3 Å². The molecular weight excluding hydrogens is 563 g/mol. The highest BCUT2D eigenvalue weighted by Crippen LogP contribution is 2.36. The van der Waals surface area contributed by atoms with Crippen LogP contribution in [-0.2, 0) is 11.4 Å². The van der Waals surface area contributed by atoms with Crippen molar-refractivity contribution in [2.75, 3.05) is 11.9 Å². The minimum Gasteiger partial charge on any atom is -0.494 e. The van der Waals surface area contributed by atoms with E-state index in [-0.39, 0.29) is 12.2 Å². The van der Waals surface area contributed by atoms with E-state index < -0.39 is 5.91 Å². The Bertz CT molecular complexity index is 1250. The summed E-state index contributed by atoms with van der Waals surface area (Å²) in [4.78, 5) is 12.6. The predicted octanol–water partition coefficient (Wildman–Crippen LogP) is 7.93. The molecule has 9 heteroatoms. The highest BCUT2D eigenvalue weighted by molar-refractivity contribution is 9.10. The molecular formula is C25H18BrCl3N2O3. The summed E-state index contributed by atoms with van der Waals surface area (Å²) in [6, 6.07) is 17.2. The molecule has 1 amide bonds. The highest BCUT2D eigenvalue weighted by atomic mass is 79.9. The molecule has 3 aromatic carbocycles. The largest absolute Gasteiger partial charge is 0.494 e. The van der Waals surface area contributed by atoms with Crippen LogP contribution in [0.3, 0.4) is 0 Å². The summed E-state index contributed by atoms with van der Waals surface area (Å²) in [6.07, 6.45) is 1.44. The fourth-order valence-electron chi connectivity index (χ4n) is 2.90. The van der Waals surface area contributed by atoms with Gasteiger partial charge in [-0.05, 0) is 83.0 Å². The van der Waals surface area contributed by atoms with Gasteiger partial charge in [-0.15, -0.1) is 0 Å².